The summed E-state index contributed by atoms with van der Waals surface area (Å²) in [6, 6.07) is 5.78. The number of rotatable bonds is 2. The second-order valence-corrected chi connectivity index (χ2v) is 4.95. The molecule has 1 amide bonds. The minimum atomic E-state index is -0.692. The van der Waals surface area contributed by atoms with Crippen LogP contribution < -0.4 is 0 Å². The molecule has 1 atom stereocenters. The summed E-state index contributed by atoms with van der Waals surface area (Å²) in [4.78, 5) is 25.7. The predicted octanol–water partition coefficient (Wildman–Crippen LogP) is 1.32. The number of esters is 1. The van der Waals surface area contributed by atoms with Gasteiger partial charge in [-0.15, -0.1) is 0 Å². The second-order valence-electron chi connectivity index (χ2n) is 4.95. The van der Waals surface area contributed by atoms with Crippen LogP contribution in [0.15, 0.2) is 18.2 Å². The van der Waals surface area contributed by atoms with Gasteiger partial charge in [0.25, 0.3) is 5.91 Å². The SMILES string of the molecule is COC(=O)C1CN(C(=O)c2cc(C)ccc2C)CCO1. The van der Waals surface area contributed by atoms with Gasteiger partial charge < -0.3 is 14.4 Å². The number of benzene rings is 1. The van der Waals surface area contributed by atoms with Gasteiger partial charge in [0.1, 0.15) is 0 Å². The molecule has 5 heteroatoms. The fraction of sp³-hybridized carbons (Fsp3) is 0.467. The molecule has 1 fully saturated rings. The van der Waals surface area contributed by atoms with E-state index in [1.807, 2.05) is 32.0 Å². The highest BCUT2D eigenvalue weighted by atomic mass is 16.6. The summed E-state index contributed by atoms with van der Waals surface area (Å²) in [6.45, 7) is 4.92. The Balaban J connectivity index is 2.16. The minimum Gasteiger partial charge on any atom is -0.467 e. The molecule has 0 N–H and O–H groups in total. The third-order valence-electron chi connectivity index (χ3n) is 3.44. The maximum atomic E-state index is 12.5. The number of aryl methyl sites for hydroxylation is 2. The molecule has 1 aliphatic rings. The van der Waals surface area contributed by atoms with Gasteiger partial charge in [-0.25, -0.2) is 4.79 Å². The maximum Gasteiger partial charge on any atom is 0.336 e. The molecule has 1 unspecified atom stereocenters. The van der Waals surface area contributed by atoms with Crippen molar-refractivity contribution in [2.75, 3.05) is 26.8 Å². The number of ether oxygens (including phenoxy) is 2. The molecule has 1 aromatic carbocycles. The summed E-state index contributed by atoms with van der Waals surface area (Å²) in [5.74, 6) is -0.508. The smallest absolute Gasteiger partial charge is 0.336 e. The summed E-state index contributed by atoms with van der Waals surface area (Å²) in [5.41, 5.74) is 2.65. The van der Waals surface area contributed by atoms with Crippen LogP contribution >= 0.6 is 0 Å². The summed E-state index contributed by atoms with van der Waals surface area (Å²) in [5, 5.41) is 0. The second kappa shape index (κ2) is 6.05. The zero-order chi connectivity index (χ0) is 14.7. The van der Waals surface area contributed by atoms with E-state index in [1.165, 1.54) is 7.11 Å². The lowest BCUT2D eigenvalue weighted by molar-refractivity contribution is -0.158. The Morgan fingerprint density at radius 1 is 1.35 bits per heavy atom. The first-order valence-electron chi connectivity index (χ1n) is 6.59. The van der Waals surface area contributed by atoms with E-state index in [1.54, 1.807) is 4.90 Å². The molecule has 1 heterocycles. The molecule has 2 rings (SSSR count). The number of hydrogen-bond acceptors (Lipinski definition) is 4. The lowest BCUT2D eigenvalue weighted by atomic mass is 10.0. The zero-order valence-electron chi connectivity index (χ0n) is 12.0. The first-order valence-corrected chi connectivity index (χ1v) is 6.59. The topological polar surface area (TPSA) is 55.8 Å². The summed E-state index contributed by atoms with van der Waals surface area (Å²) >= 11 is 0. The van der Waals surface area contributed by atoms with Gasteiger partial charge in [-0.1, -0.05) is 17.7 Å². The number of hydrogen-bond donors (Lipinski definition) is 0. The first kappa shape index (κ1) is 14.5. The Bertz CT molecular complexity index is 527. The summed E-state index contributed by atoms with van der Waals surface area (Å²) in [7, 11) is 1.32. The quantitative estimate of drug-likeness (QED) is 0.765. The van der Waals surface area contributed by atoms with Crippen LogP contribution in [0.4, 0.5) is 0 Å². The van der Waals surface area contributed by atoms with Crippen molar-refractivity contribution in [1.82, 2.24) is 4.90 Å². The monoisotopic (exact) mass is 277 g/mol. The highest BCUT2D eigenvalue weighted by Crippen LogP contribution is 2.16. The zero-order valence-corrected chi connectivity index (χ0v) is 12.0. The number of carbonyl (C=O) groups excluding carboxylic acids is 2. The fourth-order valence-corrected chi connectivity index (χ4v) is 2.24. The molecule has 108 valence electrons. The highest BCUT2D eigenvalue weighted by Gasteiger charge is 2.30. The lowest BCUT2D eigenvalue weighted by Gasteiger charge is -2.31. The third-order valence-corrected chi connectivity index (χ3v) is 3.44. The van der Waals surface area contributed by atoms with E-state index in [2.05, 4.69) is 4.74 Å². The van der Waals surface area contributed by atoms with Gasteiger partial charge in [-0.3, -0.25) is 4.79 Å². The van der Waals surface area contributed by atoms with Gasteiger partial charge in [0.05, 0.1) is 20.3 Å². The largest absolute Gasteiger partial charge is 0.467 e. The molecule has 5 nitrogen and oxygen atoms in total. The van der Waals surface area contributed by atoms with Crippen LogP contribution in [0.3, 0.4) is 0 Å². The van der Waals surface area contributed by atoms with Crippen molar-refractivity contribution in [3.05, 3.63) is 34.9 Å². The number of amides is 1. The normalized spacial score (nSPS) is 18.8. The van der Waals surface area contributed by atoms with Crippen LogP contribution in [0.1, 0.15) is 21.5 Å². The van der Waals surface area contributed by atoms with Crippen molar-refractivity contribution in [2.24, 2.45) is 0 Å². The molecule has 0 saturated carbocycles. The maximum absolute atomic E-state index is 12.5. The summed E-state index contributed by atoms with van der Waals surface area (Å²) < 4.78 is 10.00. The van der Waals surface area contributed by atoms with Gasteiger partial charge in [0, 0.05) is 12.1 Å². The van der Waals surface area contributed by atoms with Crippen molar-refractivity contribution in [2.45, 2.75) is 20.0 Å². The van der Waals surface area contributed by atoms with Gasteiger partial charge in [-0.05, 0) is 25.5 Å². The molecule has 0 aliphatic carbocycles. The van der Waals surface area contributed by atoms with Crippen molar-refractivity contribution < 1.29 is 19.1 Å². The molecule has 1 aromatic rings. The van der Waals surface area contributed by atoms with Crippen molar-refractivity contribution in [1.29, 1.82) is 0 Å². The van der Waals surface area contributed by atoms with E-state index in [9.17, 15) is 9.59 Å². The Hall–Kier alpha value is -1.88. The van der Waals surface area contributed by atoms with Gasteiger partial charge in [-0.2, -0.15) is 0 Å². The molecule has 1 aliphatic heterocycles. The molecular weight excluding hydrogens is 258 g/mol. The number of nitrogens with zero attached hydrogens (tertiary/aromatic N) is 1. The Morgan fingerprint density at radius 3 is 2.80 bits per heavy atom. The summed E-state index contributed by atoms with van der Waals surface area (Å²) in [6.07, 6.45) is -0.692. The highest BCUT2D eigenvalue weighted by molar-refractivity contribution is 5.96. The van der Waals surface area contributed by atoms with E-state index >= 15 is 0 Å². The first-order chi connectivity index (χ1) is 9.52. The van der Waals surface area contributed by atoms with Crippen molar-refractivity contribution in [3.63, 3.8) is 0 Å². The van der Waals surface area contributed by atoms with E-state index in [0.717, 1.165) is 11.1 Å². The molecule has 20 heavy (non-hydrogen) atoms. The van der Waals surface area contributed by atoms with Crippen LogP contribution in [-0.4, -0.2) is 49.7 Å². The minimum absolute atomic E-state index is 0.0663. The van der Waals surface area contributed by atoms with E-state index in [-0.39, 0.29) is 12.5 Å². The Kier molecular flexibility index (Phi) is 4.39. The molecule has 0 bridgehead atoms. The number of methoxy groups -OCH3 is 1. The van der Waals surface area contributed by atoms with Crippen LogP contribution in [0, 0.1) is 13.8 Å². The lowest BCUT2D eigenvalue weighted by Crippen LogP contribution is -2.49. The van der Waals surface area contributed by atoms with Gasteiger partial charge in [0.15, 0.2) is 6.10 Å². The van der Waals surface area contributed by atoms with E-state index < -0.39 is 12.1 Å². The average Bonchev–Trinajstić information content (AvgIpc) is 2.48. The molecule has 1 saturated heterocycles. The third kappa shape index (κ3) is 2.99. The van der Waals surface area contributed by atoms with Gasteiger partial charge in [0.2, 0.25) is 0 Å². The van der Waals surface area contributed by atoms with Crippen LogP contribution in [0.2, 0.25) is 0 Å². The number of carbonyl (C=O) groups is 2. The van der Waals surface area contributed by atoms with Crippen LogP contribution in [0.5, 0.6) is 0 Å². The molecular formula is C15H19NO4. The molecule has 0 spiro atoms. The Morgan fingerprint density at radius 2 is 2.10 bits per heavy atom. The standard InChI is InChI=1S/C15H19NO4/c1-10-4-5-11(2)12(8-10)14(17)16-6-7-20-13(9-16)15(18)19-3/h4-5,8,13H,6-7,9H2,1-3H3. The molecule has 0 aromatic heterocycles. The van der Waals surface area contributed by atoms with Crippen molar-refractivity contribution >= 4 is 11.9 Å². The van der Waals surface area contributed by atoms with Crippen LogP contribution in [-0.2, 0) is 14.3 Å². The van der Waals surface area contributed by atoms with Gasteiger partial charge >= 0.3 is 5.97 Å². The number of morpholine rings is 1. The average molecular weight is 277 g/mol. The fourth-order valence-electron chi connectivity index (χ4n) is 2.24. The van der Waals surface area contributed by atoms with Crippen molar-refractivity contribution in [3.8, 4) is 0 Å². The van der Waals surface area contributed by atoms with E-state index in [4.69, 9.17) is 4.74 Å². The van der Waals surface area contributed by atoms with Crippen LogP contribution in [0.25, 0.3) is 0 Å². The molecule has 0 radical (unpaired) electrons. The predicted molar refractivity (Wildman–Crippen MR) is 73.6 cm³/mol. The Labute approximate surface area is 118 Å². The van der Waals surface area contributed by atoms with E-state index in [0.29, 0.717) is 18.7 Å².